The lowest BCUT2D eigenvalue weighted by molar-refractivity contribution is -0.142. The molecule has 1 aromatic carbocycles. The zero-order valence-corrected chi connectivity index (χ0v) is 14.4. The molecule has 0 aliphatic rings. The maximum absolute atomic E-state index is 11.8. The second-order valence-corrected chi connectivity index (χ2v) is 6.12. The lowest BCUT2D eigenvalue weighted by atomic mass is 10.0. The number of hydrogen-bond donors (Lipinski definition) is 2. The number of ether oxygens (including phenoxy) is 1. The van der Waals surface area contributed by atoms with Crippen LogP contribution in [0.15, 0.2) is 24.3 Å². The largest absolute Gasteiger partial charge is 0.494 e. The van der Waals surface area contributed by atoms with Gasteiger partial charge in [-0.3, -0.25) is 9.59 Å². The number of nitrogens with one attached hydrogen (secondary N) is 1. The Kier molecular flexibility index (Phi) is 7.95. The lowest BCUT2D eigenvalue weighted by Gasteiger charge is -2.16. The molecule has 0 heterocycles. The normalized spacial score (nSPS) is 11.8. The van der Waals surface area contributed by atoms with Gasteiger partial charge in [-0.1, -0.05) is 26.0 Å². The lowest BCUT2D eigenvalue weighted by Crippen LogP contribution is -2.41. The summed E-state index contributed by atoms with van der Waals surface area (Å²) in [6, 6.07) is 6.00. The summed E-state index contributed by atoms with van der Waals surface area (Å²) in [5.41, 5.74) is 0.572. The number of hydrogen-bond acceptors (Lipinski definition) is 4. The Morgan fingerprint density at radius 2 is 1.96 bits per heavy atom. The Bertz CT molecular complexity index is 583. The van der Waals surface area contributed by atoms with Crippen molar-refractivity contribution in [2.24, 2.45) is 5.92 Å². The summed E-state index contributed by atoms with van der Waals surface area (Å²) in [7, 11) is 0. The molecule has 0 aromatic heterocycles. The highest BCUT2D eigenvalue weighted by atomic mass is 16.5. The van der Waals surface area contributed by atoms with Crippen molar-refractivity contribution < 1.29 is 24.2 Å². The van der Waals surface area contributed by atoms with E-state index in [4.69, 9.17) is 9.84 Å². The number of amides is 1. The molecule has 2 N–H and O–H groups in total. The number of ketones is 1. The summed E-state index contributed by atoms with van der Waals surface area (Å²) >= 11 is 0. The molecule has 1 atom stereocenters. The molecule has 1 unspecified atom stereocenters. The summed E-state index contributed by atoms with van der Waals surface area (Å²) in [4.78, 5) is 34.2. The van der Waals surface area contributed by atoms with Gasteiger partial charge in [-0.05, 0) is 37.8 Å². The molecule has 0 saturated carbocycles. The molecule has 1 rings (SSSR count). The van der Waals surface area contributed by atoms with Gasteiger partial charge in [0, 0.05) is 12.0 Å². The van der Waals surface area contributed by atoms with Gasteiger partial charge in [-0.2, -0.15) is 0 Å². The summed E-state index contributed by atoms with van der Waals surface area (Å²) in [5.74, 6) is -0.599. The van der Waals surface area contributed by atoms with E-state index in [0.717, 1.165) is 0 Å². The van der Waals surface area contributed by atoms with Crippen molar-refractivity contribution in [3.63, 3.8) is 0 Å². The molecule has 24 heavy (non-hydrogen) atoms. The summed E-state index contributed by atoms with van der Waals surface area (Å²) < 4.78 is 5.52. The quantitative estimate of drug-likeness (QED) is 0.506. The van der Waals surface area contributed by atoms with Gasteiger partial charge in [0.25, 0.3) is 0 Å². The first kappa shape index (κ1) is 19.7. The van der Waals surface area contributed by atoms with Gasteiger partial charge in [-0.25, -0.2) is 4.79 Å². The zero-order chi connectivity index (χ0) is 18.1. The first-order valence-electron chi connectivity index (χ1n) is 8.05. The van der Waals surface area contributed by atoms with Crippen LogP contribution in [0.1, 0.15) is 50.4 Å². The molecular weight excluding hydrogens is 310 g/mol. The maximum atomic E-state index is 11.8. The first-order chi connectivity index (χ1) is 11.3. The number of rotatable bonds is 10. The third kappa shape index (κ3) is 7.26. The van der Waals surface area contributed by atoms with Crippen LogP contribution in [0.2, 0.25) is 0 Å². The van der Waals surface area contributed by atoms with E-state index in [-0.39, 0.29) is 24.0 Å². The van der Waals surface area contributed by atoms with Gasteiger partial charge >= 0.3 is 5.97 Å². The summed E-state index contributed by atoms with van der Waals surface area (Å²) in [5, 5.41) is 11.6. The van der Waals surface area contributed by atoms with Crippen LogP contribution < -0.4 is 10.1 Å². The number of carboxylic acid groups (broad SMARTS) is 1. The maximum Gasteiger partial charge on any atom is 0.326 e. The topological polar surface area (TPSA) is 92.7 Å². The monoisotopic (exact) mass is 335 g/mol. The van der Waals surface area contributed by atoms with Gasteiger partial charge in [0.2, 0.25) is 5.91 Å². The molecule has 0 bridgehead atoms. The summed E-state index contributed by atoms with van der Waals surface area (Å²) in [6.07, 6.45) is 1.05. The van der Waals surface area contributed by atoms with Crippen LogP contribution in [-0.4, -0.2) is 35.4 Å². The van der Waals surface area contributed by atoms with E-state index in [0.29, 0.717) is 30.8 Å². The van der Waals surface area contributed by atoms with E-state index in [1.54, 1.807) is 24.3 Å². The second-order valence-electron chi connectivity index (χ2n) is 6.12. The van der Waals surface area contributed by atoms with E-state index in [9.17, 15) is 14.4 Å². The fourth-order valence-electron chi connectivity index (χ4n) is 2.19. The predicted octanol–water partition coefficient (Wildman–Crippen LogP) is 2.66. The molecule has 6 heteroatoms. The van der Waals surface area contributed by atoms with Crippen molar-refractivity contribution in [2.45, 2.75) is 46.1 Å². The summed E-state index contributed by atoms with van der Waals surface area (Å²) in [6.45, 7) is 5.62. The minimum absolute atomic E-state index is 0.0373. The molecular formula is C18H25NO5. The van der Waals surface area contributed by atoms with Crippen LogP contribution in [0.25, 0.3) is 0 Å². The second kappa shape index (κ2) is 9.70. The van der Waals surface area contributed by atoms with Gasteiger partial charge in [-0.15, -0.1) is 0 Å². The van der Waals surface area contributed by atoms with Crippen molar-refractivity contribution in [3.05, 3.63) is 29.8 Å². The Morgan fingerprint density at radius 3 is 2.54 bits per heavy atom. The predicted molar refractivity (Wildman–Crippen MR) is 90.2 cm³/mol. The van der Waals surface area contributed by atoms with E-state index in [1.807, 2.05) is 13.8 Å². The van der Waals surface area contributed by atoms with Crippen LogP contribution in [0.4, 0.5) is 0 Å². The van der Waals surface area contributed by atoms with Crippen molar-refractivity contribution in [2.75, 3.05) is 6.61 Å². The van der Waals surface area contributed by atoms with Crippen LogP contribution in [-0.2, 0) is 9.59 Å². The number of carbonyl (C=O) groups is 3. The van der Waals surface area contributed by atoms with Gasteiger partial charge in [0.1, 0.15) is 11.8 Å². The van der Waals surface area contributed by atoms with Crippen LogP contribution in [0.5, 0.6) is 5.75 Å². The molecule has 1 aromatic rings. The van der Waals surface area contributed by atoms with Gasteiger partial charge < -0.3 is 15.2 Å². The average Bonchev–Trinajstić information content (AvgIpc) is 2.50. The standard InChI is InChI=1S/C18H25NO5/c1-12(2)10-16(18(22)23)19-17(21)8-5-9-24-15-7-4-6-14(11-15)13(3)20/h4,6-7,11-12,16H,5,8-10H2,1-3H3,(H,19,21)(H,22,23). The fraction of sp³-hybridized carbons (Fsp3) is 0.500. The molecule has 1 amide bonds. The number of aliphatic carboxylic acids is 1. The van der Waals surface area contributed by atoms with Crippen LogP contribution in [0, 0.1) is 5.92 Å². The Labute approximate surface area is 142 Å². The molecule has 0 fully saturated rings. The molecule has 0 aliphatic heterocycles. The van der Waals surface area contributed by atoms with Crippen molar-refractivity contribution in [3.8, 4) is 5.75 Å². The van der Waals surface area contributed by atoms with Gasteiger partial charge in [0.05, 0.1) is 6.61 Å². The third-order valence-corrected chi connectivity index (χ3v) is 3.40. The minimum atomic E-state index is -1.02. The van der Waals surface area contributed by atoms with Crippen LogP contribution >= 0.6 is 0 Å². The zero-order valence-electron chi connectivity index (χ0n) is 14.4. The Morgan fingerprint density at radius 1 is 1.25 bits per heavy atom. The van der Waals surface area contributed by atoms with Crippen molar-refractivity contribution >= 4 is 17.7 Å². The number of Topliss-reactive ketones (excluding diaryl/α,β-unsaturated/α-hetero) is 1. The third-order valence-electron chi connectivity index (χ3n) is 3.40. The molecule has 6 nitrogen and oxygen atoms in total. The molecule has 0 saturated heterocycles. The van der Waals surface area contributed by atoms with Crippen molar-refractivity contribution in [1.29, 1.82) is 0 Å². The number of benzene rings is 1. The highest BCUT2D eigenvalue weighted by Gasteiger charge is 2.20. The smallest absolute Gasteiger partial charge is 0.326 e. The molecule has 0 aliphatic carbocycles. The number of carbonyl (C=O) groups excluding carboxylic acids is 2. The highest BCUT2D eigenvalue weighted by Crippen LogP contribution is 2.14. The van der Waals surface area contributed by atoms with Crippen molar-refractivity contribution in [1.82, 2.24) is 5.32 Å². The SMILES string of the molecule is CC(=O)c1cccc(OCCCC(=O)NC(CC(C)C)C(=O)O)c1. The Balaban J connectivity index is 2.36. The molecule has 0 radical (unpaired) electrons. The van der Waals surface area contributed by atoms with Gasteiger partial charge in [0.15, 0.2) is 5.78 Å². The fourth-order valence-corrected chi connectivity index (χ4v) is 2.19. The van der Waals surface area contributed by atoms with E-state index in [2.05, 4.69) is 5.32 Å². The van der Waals surface area contributed by atoms with Crippen LogP contribution in [0.3, 0.4) is 0 Å². The van der Waals surface area contributed by atoms with E-state index < -0.39 is 12.0 Å². The Hall–Kier alpha value is -2.37. The first-order valence-corrected chi connectivity index (χ1v) is 8.05. The van der Waals surface area contributed by atoms with E-state index in [1.165, 1.54) is 6.92 Å². The highest BCUT2D eigenvalue weighted by molar-refractivity contribution is 5.94. The molecule has 0 spiro atoms. The number of carboxylic acids is 1. The van der Waals surface area contributed by atoms with E-state index >= 15 is 0 Å². The minimum Gasteiger partial charge on any atom is -0.494 e. The average molecular weight is 335 g/mol. The molecule has 132 valence electrons.